The highest BCUT2D eigenvalue weighted by Crippen LogP contribution is 2.16. The van der Waals surface area contributed by atoms with Crippen molar-refractivity contribution >= 4 is 11.9 Å². The summed E-state index contributed by atoms with van der Waals surface area (Å²) in [5.74, 6) is -0.107. The van der Waals surface area contributed by atoms with Gasteiger partial charge in [-0.2, -0.15) is 0 Å². The van der Waals surface area contributed by atoms with E-state index in [0.717, 1.165) is 77.0 Å². The van der Waals surface area contributed by atoms with E-state index in [1.54, 1.807) is 0 Å². The van der Waals surface area contributed by atoms with Crippen LogP contribution in [0.1, 0.15) is 251 Å². The molecule has 53 heavy (non-hydrogen) atoms. The quantitative estimate of drug-likeness (QED) is 0.0328. The zero-order chi connectivity index (χ0) is 38.7. The molecule has 0 spiro atoms. The summed E-state index contributed by atoms with van der Waals surface area (Å²) < 4.78 is 5.41. The second-order valence-corrected chi connectivity index (χ2v) is 16.1. The maximum atomic E-state index is 12.4. The predicted molar refractivity (Wildman–Crippen MR) is 227 cm³/mol. The Bertz CT molecular complexity index is 787. The first kappa shape index (κ1) is 51.6. The average Bonchev–Trinajstić information content (AvgIpc) is 3.16. The lowest BCUT2D eigenvalue weighted by Crippen LogP contribution is -2.45. The largest absolute Gasteiger partial charge is 0.466 e. The first-order chi connectivity index (χ1) is 26.0. The third-order valence-corrected chi connectivity index (χ3v) is 10.8. The number of carbonyl (C=O) groups is 2. The molecule has 314 valence electrons. The van der Waals surface area contributed by atoms with Crippen LogP contribution in [0.3, 0.4) is 0 Å². The summed E-state index contributed by atoms with van der Waals surface area (Å²) in [5, 5.41) is 23.1. The van der Waals surface area contributed by atoms with Gasteiger partial charge in [0, 0.05) is 12.8 Å². The molecule has 2 unspecified atom stereocenters. The summed E-state index contributed by atoms with van der Waals surface area (Å²) in [6.07, 6.45) is 47.4. The zero-order valence-corrected chi connectivity index (χ0v) is 35.5. The minimum atomic E-state index is -0.684. The maximum absolute atomic E-state index is 12.4. The van der Waals surface area contributed by atoms with E-state index in [9.17, 15) is 19.8 Å². The average molecular weight is 750 g/mol. The monoisotopic (exact) mass is 750 g/mol. The van der Waals surface area contributed by atoms with Crippen LogP contribution in [-0.2, 0) is 14.3 Å². The number of rotatable bonds is 43. The van der Waals surface area contributed by atoms with Crippen molar-refractivity contribution in [2.24, 2.45) is 0 Å². The fourth-order valence-corrected chi connectivity index (χ4v) is 7.16. The molecular weight excluding hydrogens is 659 g/mol. The van der Waals surface area contributed by atoms with Crippen molar-refractivity contribution in [3.63, 3.8) is 0 Å². The van der Waals surface area contributed by atoms with Crippen LogP contribution >= 0.6 is 0 Å². The molecule has 0 saturated carbocycles. The topological polar surface area (TPSA) is 95.9 Å². The predicted octanol–water partition coefficient (Wildman–Crippen LogP) is 13.4. The Morgan fingerprint density at radius 2 is 0.887 bits per heavy atom. The third kappa shape index (κ3) is 40.1. The van der Waals surface area contributed by atoms with Gasteiger partial charge in [-0.1, -0.05) is 199 Å². The number of aliphatic hydroxyl groups is 2. The van der Waals surface area contributed by atoms with Crippen LogP contribution in [-0.4, -0.2) is 47.4 Å². The molecule has 2 atom stereocenters. The second-order valence-electron chi connectivity index (χ2n) is 16.1. The number of allylic oxidation sites excluding steroid dienone is 2. The van der Waals surface area contributed by atoms with E-state index < -0.39 is 12.1 Å². The van der Waals surface area contributed by atoms with E-state index in [1.807, 2.05) is 0 Å². The smallest absolute Gasteiger partial charge is 0.305 e. The number of hydrogen-bond acceptors (Lipinski definition) is 5. The Morgan fingerprint density at radius 3 is 1.34 bits per heavy atom. The normalized spacial score (nSPS) is 12.8. The van der Waals surface area contributed by atoms with Crippen LogP contribution < -0.4 is 5.32 Å². The van der Waals surface area contributed by atoms with Gasteiger partial charge in [0.05, 0.1) is 25.4 Å². The molecular formula is C47H91NO5. The van der Waals surface area contributed by atoms with Crippen molar-refractivity contribution in [1.82, 2.24) is 5.32 Å². The summed E-state index contributed by atoms with van der Waals surface area (Å²) in [6.45, 7) is 4.86. The molecule has 0 fully saturated rings. The van der Waals surface area contributed by atoms with Crippen molar-refractivity contribution in [2.75, 3.05) is 13.2 Å². The van der Waals surface area contributed by atoms with Gasteiger partial charge in [-0.3, -0.25) is 9.59 Å². The molecule has 0 rings (SSSR count). The van der Waals surface area contributed by atoms with Crippen LogP contribution in [0.2, 0.25) is 0 Å². The lowest BCUT2D eigenvalue weighted by atomic mass is 10.0. The number of aliphatic hydroxyl groups excluding tert-OH is 2. The van der Waals surface area contributed by atoms with Crippen LogP contribution in [0.4, 0.5) is 0 Å². The number of carbonyl (C=O) groups excluding carboxylic acids is 2. The number of unbranched alkanes of at least 4 members (excludes halogenated alkanes) is 30. The molecule has 1 amide bonds. The summed E-state index contributed by atoms with van der Waals surface area (Å²) in [5.41, 5.74) is 0. The molecule has 0 saturated heterocycles. The van der Waals surface area contributed by atoms with E-state index in [2.05, 4.69) is 31.3 Å². The molecule has 0 aliphatic rings. The SMILES string of the molecule is CCCCCCCCCCCCCCCCCC(O)C(CO)NC(=O)CCCCCC/C=C\CCCCOC(=O)CCCCCCCCCCCCC. The Hall–Kier alpha value is -1.40. The second kappa shape index (κ2) is 43.3. The highest BCUT2D eigenvalue weighted by Gasteiger charge is 2.20. The van der Waals surface area contributed by atoms with Gasteiger partial charge in [-0.15, -0.1) is 0 Å². The first-order valence-corrected chi connectivity index (χ1v) is 23.4. The molecule has 6 heteroatoms. The maximum Gasteiger partial charge on any atom is 0.305 e. The van der Waals surface area contributed by atoms with Crippen LogP contribution in [0.5, 0.6) is 0 Å². The molecule has 6 nitrogen and oxygen atoms in total. The highest BCUT2D eigenvalue weighted by atomic mass is 16.5. The molecule has 0 aliphatic carbocycles. The summed E-state index contributed by atoms with van der Waals surface area (Å²) >= 11 is 0. The Balaban J connectivity index is 3.54. The fourth-order valence-electron chi connectivity index (χ4n) is 7.16. The van der Waals surface area contributed by atoms with Gasteiger partial charge in [0.1, 0.15) is 0 Å². The van der Waals surface area contributed by atoms with Crippen molar-refractivity contribution in [2.45, 2.75) is 264 Å². The molecule has 0 aromatic carbocycles. The highest BCUT2D eigenvalue weighted by molar-refractivity contribution is 5.76. The Kier molecular flexibility index (Phi) is 42.2. The zero-order valence-electron chi connectivity index (χ0n) is 35.5. The van der Waals surface area contributed by atoms with Gasteiger partial charge in [0.15, 0.2) is 0 Å². The minimum Gasteiger partial charge on any atom is -0.466 e. The van der Waals surface area contributed by atoms with Crippen LogP contribution in [0.25, 0.3) is 0 Å². The van der Waals surface area contributed by atoms with Crippen molar-refractivity contribution in [1.29, 1.82) is 0 Å². The fraction of sp³-hybridized carbons (Fsp3) is 0.915. The van der Waals surface area contributed by atoms with Crippen LogP contribution in [0, 0.1) is 0 Å². The summed E-state index contributed by atoms with van der Waals surface area (Å²) in [6, 6.07) is -0.564. The number of ether oxygens (including phenoxy) is 1. The van der Waals surface area contributed by atoms with E-state index in [-0.39, 0.29) is 18.5 Å². The lowest BCUT2D eigenvalue weighted by Gasteiger charge is -2.22. The van der Waals surface area contributed by atoms with Gasteiger partial charge >= 0.3 is 5.97 Å². The Morgan fingerprint density at radius 1 is 0.509 bits per heavy atom. The van der Waals surface area contributed by atoms with Gasteiger partial charge in [0.25, 0.3) is 0 Å². The Labute approximate surface area is 329 Å². The van der Waals surface area contributed by atoms with E-state index >= 15 is 0 Å². The van der Waals surface area contributed by atoms with Crippen LogP contribution in [0.15, 0.2) is 12.2 Å². The van der Waals surface area contributed by atoms with E-state index in [4.69, 9.17) is 4.74 Å². The number of nitrogens with one attached hydrogen (secondary N) is 1. The molecule has 0 bridgehead atoms. The van der Waals surface area contributed by atoms with Crippen molar-refractivity contribution < 1.29 is 24.5 Å². The van der Waals surface area contributed by atoms with Crippen molar-refractivity contribution in [3.8, 4) is 0 Å². The standard InChI is InChI=1S/C47H91NO5/c1-3-5-7-9-11-13-15-16-17-18-20-23-27-31-35-39-45(50)44(43-49)48-46(51)40-36-32-28-24-21-22-26-30-34-38-42-53-47(52)41-37-33-29-25-19-14-12-10-8-6-4-2/h22,26,44-45,49-50H,3-21,23-25,27-43H2,1-2H3,(H,48,51)/b26-22-. The summed E-state index contributed by atoms with van der Waals surface area (Å²) in [7, 11) is 0. The van der Waals surface area contributed by atoms with E-state index in [0.29, 0.717) is 25.9 Å². The number of hydrogen-bond donors (Lipinski definition) is 3. The van der Waals surface area contributed by atoms with Gasteiger partial charge in [-0.05, 0) is 51.4 Å². The van der Waals surface area contributed by atoms with E-state index in [1.165, 1.54) is 141 Å². The van der Waals surface area contributed by atoms with Crippen molar-refractivity contribution in [3.05, 3.63) is 12.2 Å². The minimum absolute atomic E-state index is 0.0367. The molecule has 3 N–H and O–H groups in total. The number of amides is 1. The molecule has 0 aliphatic heterocycles. The third-order valence-electron chi connectivity index (χ3n) is 10.8. The molecule has 0 aromatic rings. The number of esters is 1. The summed E-state index contributed by atoms with van der Waals surface area (Å²) in [4.78, 5) is 24.4. The molecule has 0 radical (unpaired) electrons. The van der Waals surface area contributed by atoms with Gasteiger partial charge in [-0.25, -0.2) is 0 Å². The lowest BCUT2D eigenvalue weighted by molar-refractivity contribution is -0.143. The van der Waals surface area contributed by atoms with Gasteiger partial charge in [0.2, 0.25) is 5.91 Å². The first-order valence-electron chi connectivity index (χ1n) is 23.4. The molecule has 0 aromatic heterocycles. The van der Waals surface area contributed by atoms with Gasteiger partial charge < -0.3 is 20.3 Å². The molecule has 0 heterocycles.